The molecule has 2 rings (SSSR count). The molecular weight excluding hydrogens is 204 g/mol. The first-order valence-corrected chi connectivity index (χ1v) is 5.42. The quantitative estimate of drug-likeness (QED) is 0.655. The average Bonchev–Trinajstić information content (AvgIpc) is 2.57. The zero-order valence-corrected chi connectivity index (χ0v) is 9.93. The van der Waals surface area contributed by atoms with Crippen molar-refractivity contribution in [1.82, 2.24) is 4.90 Å². The van der Waals surface area contributed by atoms with E-state index in [9.17, 15) is 4.79 Å². The van der Waals surface area contributed by atoms with Gasteiger partial charge in [0.1, 0.15) is 18.3 Å². The second kappa shape index (κ2) is 3.87. The molecule has 0 radical (unpaired) electrons. The Hall–Kier alpha value is -1.42. The summed E-state index contributed by atoms with van der Waals surface area (Å²) in [4.78, 5) is 14.0. The second-order valence-corrected chi connectivity index (χ2v) is 4.51. The van der Waals surface area contributed by atoms with Crippen molar-refractivity contribution in [2.24, 2.45) is 7.05 Å². The summed E-state index contributed by atoms with van der Waals surface area (Å²) in [7, 11) is 1.91. The van der Waals surface area contributed by atoms with E-state index in [2.05, 4.69) is 0 Å². The van der Waals surface area contributed by atoms with Crippen LogP contribution in [0.25, 0.3) is 0 Å². The number of aromatic nitrogens is 1. The fourth-order valence-electron chi connectivity index (χ4n) is 1.95. The van der Waals surface area contributed by atoms with Gasteiger partial charge in [-0.15, -0.1) is 0 Å². The fourth-order valence-corrected chi connectivity index (χ4v) is 1.95. The number of rotatable bonds is 1. The fraction of sp³-hybridized carbons (Fsp3) is 0.500. The molecule has 4 heteroatoms. The molecule has 0 atom stereocenters. The van der Waals surface area contributed by atoms with Crippen molar-refractivity contribution < 1.29 is 14.1 Å². The Labute approximate surface area is 95.4 Å². The molecule has 0 unspecified atom stereocenters. The Morgan fingerprint density at radius 3 is 2.88 bits per heavy atom. The van der Waals surface area contributed by atoms with Crippen molar-refractivity contribution in [2.45, 2.75) is 19.6 Å². The molecule has 0 N–H and O–H groups in total. The van der Waals surface area contributed by atoms with Gasteiger partial charge in [-0.1, -0.05) is 0 Å². The molecule has 1 fully saturated rings. The van der Waals surface area contributed by atoms with Crippen molar-refractivity contribution >= 4 is 5.91 Å². The van der Waals surface area contributed by atoms with E-state index >= 15 is 0 Å². The van der Waals surface area contributed by atoms with Crippen LogP contribution in [0.2, 0.25) is 0 Å². The molecule has 0 saturated carbocycles. The van der Waals surface area contributed by atoms with Gasteiger partial charge in [0.25, 0.3) is 5.91 Å². The highest BCUT2D eigenvalue weighted by atomic mass is 16.5. The van der Waals surface area contributed by atoms with Crippen molar-refractivity contribution in [2.75, 3.05) is 13.2 Å². The lowest BCUT2D eigenvalue weighted by molar-refractivity contribution is -0.671. The molecular formula is C12H17N2O2+. The molecule has 1 aromatic rings. The minimum Gasteiger partial charge on any atom is -0.354 e. The third-order valence-corrected chi connectivity index (χ3v) is 2.85. The number of amides is 1. The molecule has 1 saturated heterocycles. The van der Waals surface area contributed by atoms with Gasteiger partial charge in [0.2, 0.25) is 0 Å². The second-order valence-electron chi connectivity index (χ2n) is 4.51. The minimum atomic E-state index is -0.495. The number of hydrogen-bond acceptors (Lipinski definition) is 2. The van der Waals surface area contributed by atoms with E-state index in [1.165, 1.54) is 0 Å². The van der Waals surface area contributed by atoms with E-state index in [-0.39, 0.29) is 5.91 Å². The Morgan fingerprint density at radius 1 is 1.56 bits per heavy atom. The highest BCUT2D eigenvalue weighted by Crippen LogP contribution is 2.23. The zero-order chi connectivity index (χ0) is 11.8. The van der Waals surface area contributed by atoms with Gasteiger partial charge in [0.15, 0.2) is 12.4 Å². The Balaban J connectivity index is 2.26. The third kappa shape index (κ3) is 1.93. The van der Waals surface area contributed by atoms with Crippen LogP contribution in [0.15, 0.2) is 24.5 Å². The summed E-state index contributed by atoms with van der Waals surface area (Å²) in [5.41, 5.74) is 0.203. The summed E-state index contributed by atoms with van der Waals surface area (Å²) in [5, 5.41) is 0. The molecule has 86 valence electrons. The highest BCUT2D eigenvalue weighted by Gasteiger charge is 2.37. The van der Waals surface area contributed by atoms with Gasteiger partial charge in [0, 0.05) is 12.6 Å². The number of carbonyl (C=O) groups is 1. The lowest BCUT2D eigenvalue weighted by Crippen LogP contribution is -2.44. The van der Waals surface area contributed by atoms with Gasteiger partial charge < -0.3 is 9.64 Å². The summed E-state index contributed by atoms with van der Waals surface area (Å²) in [6.07, 6.45) is 3.74. The van der Waals surface area contributed by atoms with Gasteiger partial charge in [0.05, 0.1) is 6.61 Å². The molecule has 1 amide bonds. The number of ether oxygens (including phenoxy) is 1. The lowest BCUT2D eigenvalue weighted by Gasteiger charge is -2.29. The SMILES string of the molecule is C[n+]1cccc(C(=O)N2CCOC2(C)C)c1. The van der Waals surface area contributed by atoms with Crippen LogP contribution in [-0.2, 0) is 11.8 Å². The van der Waals surface area contributed by atoms with E-state index in [0.717, 1.165) is 0 Å². The van der Waals surface area contributed by atoms with Gasteiger partial charge >= 0.3 is 0 Å². The van der Waals surface area contributed by atoms with Gasteiger partial charge in [-0.3, -0.25) is 4.79 Å². The summed E-state index contributed by atoms with van der Waals surface area (Å²) < 4.78 is 7.40. The van der Waals surface area contributed by atoms with E-state index in [1.54, 1.807) is 4.90 Å². The smallest absolute Gasteiger partial charge is 0.262 e. The van der Waals surface area contributed by atoms with Gasteiger partial charge in [-0.25, -0.2) is 4.57 Å². The first-order valence-electron chi connectivity index (χ1n) is 5.42. The molecule has 0 aliphatic carbocycles. The zero-order valence-electron chi connectivity index (χ0n) is 9.93. The number of hydrogen-bond donors (Lipinski definition) is 0. The Morgan fingerprint density at radius 2 is 2.31 bits per heavy atom. The number of nitrogens with zero attached hydrogens (tertiary/aromatic N) is 2. The normalized spacial score (nSPS) is 18.8. The lowest BCUT2D eigenvalue weighted by atomic mass is 10.2. The molecule has 0 aromatic carbocycles. The van der Waals surface area contributed by atoms with E-state index in [4.69, 9.17) is 4.74 Å². The van der Waals surface area contributed by atoms with Crippen LogP contribution in [0.3, 0.4) is 0 Å². The molecule has 16 heavy (non-hydrogen) atoms. The van der Waals surface area contributed by atoms with Crippen molar-refractivity contribution in [1.29, 1.82) is 0 Å². The van der Waals surface area contributed by atoms with E-state index < -0.39 is 5.72 Å². The standard InChI is InChI=1S/C12H17N2O2/c1-12(2)14(7-8-16-12)11(15)10-5-4-6-13(3)9-10/h4-6,9H,7-8H2,1-3H3/q+1. The van der Waals surface area contributed by atoms with Crippen LogP contribution < -0.4 is 4.57 Å². The van der Waals surface area contributed by atoms with Crippen LogP contribution in [0.5, 0.6) is 0 Å². The van der Waals surface area contributed by atoms with Crippen molar-refractivity contribution in [3.05, 3.63) is 30.1 Å². The largest absolute Gasteiger partial charge is 0.354 e. The van der Waals surface area contributed by atoms with Gasteiger partial charge in [-0.05, 0) is 19.9 Å². The highest BCUT2D eigenvalue weighted by molar-refractivity contribution is 5.94. The predicted molar refractivity (Wildman–Crippen MR) is 58.7 cm³/mol. The first kappa shape index (κ1) is 11.1. The topological polar surface area (TPSA) is 33.4 Å². The maximum Gasteiger partial charge on any atom is 0.262 e. The molecule has 1 aliphatic rings. The molecule has 0 spiro atoms. The minimum absolute atomic E-state index is 0.0266. The summed E-state index contributed by atoms with van der Waals surface area (Å²) in [6.45, 7) is 5.10. The molecule has 1 aromatic heterocycles. The molecule has 4 nitrogen and oxygen atoms in total. The summed E-state index contributed by atoms with van der Waals surface area (Å²) in [5.74, 6) is 0.0266. The van der Waals surface area contributed by atoms with Crippen LogP contribution in [0.1, 0.15) is 24.2 Å². The summed E-state index contributed by atoms with van der Waals surface area (Å²) in [6, 6.07) is 3.70. The van der Waals surface area contributed by atoms with Gasteiger partial charge in [-0.2, -0.15) is 0 Å². The summed E-state index contributed by atoms with van der Waals surface area (Å²) >= 11 is 0. The first-order chi connectivity index (χ1) is 7.50. The van der Waals surface area contributed by atoms with Crippen LogP contribution in [0.4, 0.5) is 0 Å². The van der Waals surface area contributed by atoms with Crippen LogP contribution in [0, 0.1) is 0 Å². The molecule has 0 bridgehead atoms. The molecule has 2 heterocycles. The monoisotopic (exact) mass is 221 g/mol. The Kier molecular flexibility index (Phi) is 2.68. The van der Waals surface area contributed by atoms with Crippen LogP contribution in [-0.4, -0.2) is 29.7 Å². The average molecular weight is 221 g/mol. The third-order valence-electron chi connectivity index (χ3n) is 2.85. The van der Waals surface area contributed by atoms with E-state index in [1.807, 2.05) is 50.0 Å². The Bertz CT molecular complexity index is 415. The maximum atomic E-state index is 12.2. The number of aryl methyl sites for hydroxylation is 1. The molecule has 1 aliphatic heterocycles. The van der Waals surface area contributed by atoms with E-state index in [0.29, 0.717) is 18.7 Å². The van der Waals surface area contributed by atoms with Crippen LogP contribution >= 0.6 is 0 Å². The number of pyridine rings is 1. The predicted octanol–water partition coefficient (Wildman–Crippen LogP) is 0.720. The maximum absolute atomic E-state index is 12.2. The van der Waals surface area contributed by atoms with Crippen molar-refractivity contribution in [3.63, 3.8) is 0 Å². The van der Waals surface area contributed by atoms with Crippen molar-refractivity contribution in [3.8, 4) is 0 Å². The number of carbonyl (C=O) groups excluding carboxylic acids is 1.